The minimum absolute atomic E-state index is 0.113. The number of non-ortho nitro benzene ring substituents is 1. The number of nitro benzene ring substituents is 2. The Morgan fingerprint density at radius 2 is 2.00 bits per heavy atom. The van der Waals surface area contributed by atoms with Crippen LogP contribution < -0.4 is 5.43 Å². The van der Waals surface area contributed by atoms with Gasteiger partial charge in [0.15, 0.2) is 0 Å². The number of nitro groups is 2. The molecule has 114 valence electrons. The Bertz CT molecular complexity index is 562. The number of hydrogen-bond acceptors (Lipinski definition) is 6. The SMILES string of the molecule is C/C(CCCCCl)=N/Nc1ccc([N+](=O)[O-])cc1[N+](=O)[O-]. The molecule has 0 heterocycles. The van der Waals surface area contributed by atoms with Crippen LogP contribution in [-0.4, -0.2) is 21.4 Å². The molecule has 0 aliphatic heterocycles. The van der Waals surface area contributed by atoms with Crippen molar-refractivity contribution in [1.29, 1.82) is 0 Å². The summed E-state index contributed by atoms with van der Waals surface area (Å²) in [7, 11) is 0. The summed E-state index contributed by atoms with van der Waals surface area (Å²) in [4.78, 5) is 20.2. The highest BCUT2D eigenvalue weighted by Crippen LogP contribution is 2.28. The van der Waals surface area contributed by atoms with Crippen LogP contribution >= 0.6 is 11.6 Å². The van der Waals surface area contributed by atoms with E-state index in [2.05, 4.69) is 10.5 Å². The number of halogens is 1. The van der Waals surface area contributed by atoms with Gasteiger partial charge in [0.1, 0.15) is 5.69 Å². The first-order valence-electron chi connectivity index (χ1n) is 6.23. The Morgan fingerprint density at radius 1 is 1.29 bits per heavy atom. The lowest BCUT2D eigenvalue weighted by Crippen LogP contribution is -2.01. The van der Waals surface area contributed by atoms with E-state index in [-0.39, 0.29) is 17.1 Å². The first-order chi connectivity index (χ1) is 9.95. The Hall–Kier alpha value is -2.22. The molecule has 8 nitrogen and oxygen atoms in total. The van der Waals surface area contributed by atoms with E-state index in [9.17, 15) is 20.2 Å². The van der Waals surface area contributed by atoms with Crippen molar-refractivity contribution in [3.8, 4) is 0 Å². The molecule has 1 N–H and O–H groups in total. The van der Waals surface area contributed by atoms with Gasteiger partial charge >= 0.3 is 5.69 Å². The smallest absolute Gasteiger partial charge is 0.272 e. The van der Waals surface area contributed by atoms with Crippen LogP contribution in [-0.2, 0) is 0 Å². The zero-order valence-electron chi connectivity index (χ0n) is 11.4. The summed E-state index contributed by atoms with van der Waals surface area (Å²) in [5.74, 6) is 0.578. The predicted octanol–water partition coefficient (Wildman–Crippen LogP) is 3.70. The fourth-order valence-electron chi connectivity index (χ4n) is 1.57. The first kappa shape index (κ1) is 16.8. The number of nitrogens with zero attached hydrogens (tertiary/aromatic N) is 3. The van der Waals surface area contributed by atoms with Crippen molar-refractivity contribution in [2.24, 2.45) is 5.10 Å². The normalized spacial score (nSPS) is 11.2. The van der Waals surface area contributed by atoms with Crippen LogP contribution in [0.2, 0.25) is 0 Å². The standard InChI is InChI=1S/C12H15ClN4O4/c1-9(4-2-3-7-13)14-15-11-6-5-10(16(18)19)8-12(11)17(20)21/h5-6,8,15H,2-4,7H2,1H3/b14-9-. The third-order valence-electron chi connectivity index (χ3n) is 2.68. The zero-order chi connectivity index (χ0) is 15.8. The average molecular weight is 315 g/mol. The molecule has 0 atom stereocenters. The summed E-state index contributed by atoms with van der Waals surface area (Å²) in [5.41, 5.74) is 2.74. The van der Waals surface area contributed by atoms with Crippen molar-refractivity contribution in [3.63, 3.8) is 0 Å². The number of unbranched alkanes of at least 4 members (excludes halogenated alkanes) is 1. The molecule has 0 aliphatic rings. The number of hydrazone groups is 1. The largest absolute Gasteiger partial charge is 0.301 e. The second-order valence-electron chi connectivity index (χ2n) is 4.32. The van der Waals surface area contributed by atoms with Gasteiger partial charge < -0.3 is 0 Å². The molecule has 0 bridgehead atoms. The molecule has 0 radical (unpaired) electrons. The van der Waals surface area contributed by atoms with Gasteiger partial charge in [-0.1, -0.05) is 0 Å². The molecule has 1 aromatic carbocycles. The van der Waals surface area contributed by atoms with Gasteiger partial charge in [0, 0.05) is 17.7 Å². The highest BCUT2D eigenvalue weighted by molar-refractivity contribution is 6.17. The van der Waals surface area contributed by atoms with Crippen LogP contribution in [0.1, 0.15) is 26.2 Å². The third-order valence-corrected chi connectivity index (χ3v) is 2.95. The Labute approximate surface area is 126 Å². The number of hydrogen-bond donors (Lipinski definition) is 1. The summed E-state index contributed by atoms with van der Waals surface area (Å²) in [5, 5.41) is 25.6. The van der Waals surface area contributed by atoms with E-state index in [4.69, 9.17) is 11.6 Å². The molecule has 0 saturated carbocycles. The molecule has 21 heavy (non-hydrogen) atoms. The lowest BCUT2D eigenvalue weighted by molar-refractivity contribution is -0.393. The van der Waals surface area contributed by atoms with Gasteiger partial charge in [-0.2, -0.15) is 5.10 Å². The van der Waals surface area contributed by atoms with Gasteiger partial charge in [0.05, 0.1) is 15.9 Å². The predicted molar refractivity (Wildman–Crippen MR) is 81.1 cm³/mol. The van der Waals surface area contributed by atoms with Crippen molar-refractivity contribution >= 4 is 34.4 Å². The van der Waals surface area contributed by atoms with Crippen LogP contribution in [0.15, 0.2) is 23.3 Å². The molecule has 9 heteroatoms. The van der Waals surface area contributed by atoms with Gasteiger partial charge in [-0.15, -0.1) is 11.6 Å². The van der Waals surface area contributed by atoms with Crippen LogP contribution in [0, 0.1) is 20.2 Å². The van der Waals surface area contributed by atoms with E-state index in [0.29, 0.717) is 5.88 Å². The molecule has 0 aromatic heterocycles. The Kier molecular flexibility index (Phi) is 6.54. The van der Waals surface area contributed by atoms with E-state index in [0.717, 1.165) is 31.0 Å². The molecular formula is C12H15ClN4O4. The van der Waals surface area contributed by atoms with E-state index in [1.807, 2.05) is 0 Å². The minimum atomic E-state index is -0.687. The van der Waals surface area contributed by atoms with E-state index in [1.165, 1.54) is 12.1 Å². The number of alkyl halides is 1. The summed E-state index contributed by atoms with van der Waals surface area (Å²) < 4.78 is 0. The highest BCUT2D eigenvalue weighted by atomic mass is 35.5. The van der Waals surface area contributed by atoms with Gasteiger partial charge in [0.25, 0.3) is 5.69 Å². The number of benzene rings is 1. The molecular weight excluding hydrogens is 300 g/mol. The molecule has 0 unspecified atom stereocenters. The van der Waals surface area contributed by atoms with Crippen molar-refractivity contribution in [1.82, 2.24) is 0 Å². The average Bonchev–Trinajstić information content (AvgIpc) is 2.45. The lowest BCUT2D eigenvalue weighted by Gasteiger charge is -2.04. The van der Waals surface area contributed by atoms with Gasteiger partial charge in [-0.05, 0) is 32.3 Å². The van der Waals surface area contributed by atoms with Crippen LogP contribution in [0.3, 0.4) is 0 Å². The summed E-state index contributed by atoms with van der Waals surface area (Å²) in [6.07, 6.45) is 2.47. The van der Waals surface area contributed by atoms with E-state index >= 15 is 0 Å². The van der Waals surface area contributed by atoms with Crippen molar-refractivity contribution in [3.05, 3.63) is 38.4 Å². The quantitative estimate of drug-likeness (QED) is 0.258. The van der Waals surface area contributed by atoms with Crippen molar-refractivity contribution < 1.29 is 9.85 Å². The molecule has 0 spiro atoms. The second-order valence-corrected chi connectivity index (χ2v) is 4.70. The molecule has 1 aromatic rings. The van der Waals surface area contributed by atoms with Crippen LogP contribution in [0.25, 0.3) is 0 Å². The molecule has 1 rings (SSSR count). The summed E-state index contributed by atoms with van der Waals surface area (Å²) >= 11 is 5.57. The number of nitrogens with one attached hydrogen (secondary N) is 1. The fourth-order valence-corrected chi connectivity index (χ4v) is 1.76. The number of rotatable bonds is 8. The van der Waals surface area contributed by atoms with Crippen LogP contribution in [0.4, 0.5) is 17.1 Å². The monoisotopic (exact) mass is 314 g/mol. The zero-order valence-corrected chi connectivity index (χ0v) is 12.2. The minimum Gasteiger partial charge on any atom is -0.272 e. The maximum Gasteiger partial charge on any atom is 0.301 e. The molecule has 0 fully saturated rings. The van der Waals surface area contributed by atoms with Crippen molar-refractivity contribution in [2.45, 2.75) is 26.2 Å². The van der Waals surface area contributed by atoms with Gasteiger partial charge in [-0.25, -0.2) is 0 Å². The van der Waals surface area contributed by atoms with Crippen LogP contribution in [0.5, 0.6) is 0 Å². The summed E-state index contributed by atoms with van der Waals surface area (Å²) in [6, 6.07) is 3.36. The number of anilines is 1. The summed E-state index contributed by atoms with van der Waals surface area (Å²) in [6.45, 7) is 1.79. The maximum absolute atomic E-state index is 10.9. The molecule has 0 saturated heterocycles. The van der Waals surface area contributed by atoms with E-state index < -0.39 is 9.85 Å². The topological polar surface area (TPSA) is 111 Å². The molecule has 0 amide bonds. The van der Waals surface area contributed by atoms with Crippen molar-refractivity contribution in [2.75, 3.05) is 11.3 Å². The lowest BCUT2D eigenvalue weighted by atomic mass is 10.2. The van der Waals surface area contributed by atoms with E-state index in [1.54, 1.807) is 6.92 Å². The molecule has 0 aliphatic carbocycles. The second kappa shape index (κ2) is 8.15. The third kappa shape index (κ3) is 5.35. The maximum atomic E-state index is 10.9. The fraction of sp³-hybridized carbons (Fsp3) is 0.417. The highest BCUT2D eigenvalue weighted by Gasteiger charge is 2.19. The van der Waals surface area contributed by atoms with Gasteiger partial charge in [-0.3, -0.25) is 25.7 Å². The van der Waals surface area contributed by atoms with Gasteiger partial charge in [0.2, 0.25) is 0 Å². The first-order valence-corrected chi connectivity index (χ1v) is 6.77. The Balaban J connectivity index is 2.85. The Morgan fingerprint density at radius 3 is 2.57 bits per heavy atom.